The molecule has 1 unspecified atom stereocenters. The van der Waals surface area contributed by atoms with E-state index in [1.54, 1.807) is 0 Å². The van der Waals surface area contributed by atoms with Crippen molar-refractivity contribution in [3.8, 4) is 11.5 Å². The Balaban J connectivity index is 2.53. The molecule has 0 saturated carbocycles. The average Bonchev–Trinajstić information content (AvgIpc) is 2.94. The first-order chi connectivity index (χ1) is 20.3. The van der Waals surface area contributed by atoms with Gasteiger partial charge in [0.2, 0.25) is 0 Å². The highest BCUT2D eigenvalue weighted by Crippen LogP contribution is 2.45. The molecule has 0 amide bonds. The molecule has 2 aromatic rings. The Morgan fingerprint density at radius 3 is 1.28 bits per heavy atom. The highest BCUT2D eigenvalue weighted by atomic mass is 16.5. The maximum Gasteiger partial charge on any atom is 0.136 e. The third-order valence-corrected chi connectivity index (χ3v) is 8.68. The number of hydrogen-bond acceptors (Lipinski definition) is 4. The molecule has 43 heavy (non-hydrogen) atoms. The van der Waals surface area contributed by atoms with Crippen molar-refractivity contribution in [2.75, 3.05) is 13.2 Å². The van der Waals surface area contributed by atoms with Crippen LogP contribution in [0, 0.1) is 0 Å². The molecule has 0 heterocycles. The molecule has 1 atom stereocenters. The minimum atomic E-state index is -1.50. The SMILES string of the molecule is CCCCCCCCOc1ccc(C(C)(C)C)cc1C(O)(c1cc(C(C)(C)C)ccc1OCCCCCCCC)C(C)N. The Bertz CT molecular complexity index is 997. The number of ether oxygens (including phenoxy) is 2. The van der Waals surface area contributed by atoms with Gasteiger partial charge in [-0.3, -0.25) is 0 Å². The first-order valence-corrected chi connectivity index (χ1v) is 17.3. The van der Waals surface area contributed by atoms with Gasteiger partial charge >= 0.3 is 0 Å². The standard InChI is InChI=1S/C39H65NO3/c1-10-12-14-16-18-20-26-42-35-24-22-31(37(4,5)6)28-33(35)39(41,30(3)40)34-29-32(38(7,8)9)23-25-36(34)43-27-21-19-17-15-13-11-2/h22-25,28-30,41H,10-21,26-27,40H2,1-9H3. The zero-order valence-corrected chi connectivity index (χ0v) is 29.3. The molecule has 4 heteroatoms. The van der Waals surface area contributed by atoms with Crippen molar-refractivity contribution in [3.05, 3.63) is 58.7 Å². The molecule has 0 aliphatic carbocycles. The summed E-state index contributed by atoms with van der Waals surface area (Å²) in [6.07, 6.45) is 14.4. The third kappa shape index (κ3) is 11.1. The maximum absolute atomic E-state index is 12.9. The Morgan fingerprint density at radius 1 is 0.605 bits per heavy atom. The van der Waals surface area contributed by atoms with Crippen LogP contribution in [0.1, 0.15) is 162 Å². The van der Waals surface area contributed by atoms with Gasteiger partial charge in [0.25, 0.3) is 0 Å². The highest BCUT2D eigenvalue weighted by Gasteiger charge is 2.42. The second-order valence-corrected chi connectivity index (χ2v) is 14.7. The van der Waals surface area contributed by atoms with E-state index in [-0.39, 0.29) is 10.8 Å². The second kappa shape index (κ2) is 17.4. The van der Waals surface area contributed by atoms with Crippen molar-refractivity contribution in [2.45, 2.75) is 162 Å². The Morgan fingerprint density at radius 2 is 0.953 bits per heavy atom. The van der Waals surface area contributed by atoms with Gasteiger partial charge in [0.15, 0.2) is 0 Å². The van der Waals surface area contributed by atoms with Crippen molar-refractivity contribution in [3.63, 3.8) is 0 Å². The number of aliphatic hydroxyl groups is 1. The third-order valence-electron chi connectivity index (χ3n) is 8.68. The largest absolute Gasteiger partial charge is 0.493 e. The molecule has 0 aliphatic rings. The van der Waals surface area contributed by atoms with Crippen LogP contribution in [-0.4, -0.2) is 24.4 Å². The normalized spacial score (nSPS) is 13.3. The molecule has 0 aliphatic heterocycles. The van der Waals surface area contributed by atoms with Crippen molar-refractivity contribution < 1.29 is 14.6 Å². The summed E-state index contributed by atoms with van der Waals surface area (Å²) in [4.78, 5) is 0. The number of hydrogen-bond donors (Lipinski definition) is 2. The average molecular weight is 596 g/mol. The fraction of sp³-hybridized carbons (Fsp3) is 0.692. The summed E-state index contributed by atoms with van der Waals surface area (Å²) in [6.45, 7) is 20.8. The Kier molecular flexibility index (Phi) is 15.1. The fourth-order valence-electron chi connectivity index (χ4n) is 5.61. The van der Waals surface area contributed by atoms with Crippen LogP contribution >= 0.6 is 0 Å². The number of nitrogens with two attached hydrogens (primary N) is 1. The van der Waals surface area contributed by atoms with Crippen molar-refractivity contribution >= 4 is 0 Å². The first-order valence-electron chi connectivity index (χ1n) is 17.3. The van der Waals surface area contributed by atoms with Crippen LogP contribution in [0.3, 0.4) is 0 Å². The molecule has 0 bridgehead atoms. The van der Waals surface area contributed by atoms with Gasteiger partial charge in [0.05, 0.1) is 13.2 Å². The van der Waals surface area contributed by atoms with Gasteiger partial charge in [-0.15, -0.1) is 0 Å². The number of benzene rings is 2. The second-order valence-electron chi connectivity index (χ2n) is 14.7. The zero-order valence-electron chi connectivity index (χ0n) is 29.3. The van der Waals surface area contributed by atoms with Gasteiger partial charge in [-0.2, -0.15) is 0 Å². The summed E-state index contributed by atoms with van der Waals surface area (Å²) in [5, 5.41) is 12.9. The Labute approximate surface area is 265 Å². The molecule has 0 fully saturated rings. The Hall–Kier alpha value is -2.04. The van der Waals surface area contributed by atoms with E-state index in [1.807, 2.05) is 19.1 Å². The van der Waals surface area contributed by atoms with Crippen LogP contribution in [0.15, 0.2) is 36.4 Å². The van der Waals surface area contributed by atoms with Crippen molar-refractivity contribution in [1.29, 1.82) is 0 Å². The zero-order chi connectivity index (χ0) is 32.1. The number of rotatable bonds is 19. The molecular weight excluding hydrogens is 530 g/mol. The van der Waals surface area contributed by atoms with E-state index in [4.69, 9.17) is 15.2 Å². The van der Waals surface area contributed by atoms with Crippen LogP contribution in [0.4, 0.5) is 0 Å². The highest BCUT2D eigenvalue weighted by molar-refractivity contribution is 5.54. The van der Waals surface area contributed by atoms with E-state index in [1.165, 1.54) is 51.4 Å². The predicted octanol–water partition coefficient (Wildman–Crippen LogP) is 10.3. The van der Waals surface area contributed by atoms with Crippen LogP contribution in [0.2, 0.25) is 0 Å². The topological polar surface area (TPSA) is 64.7 Å². The molecule has 2 rings (SSSR count). The lowest BCUT2D eigenvalue weighted by molar-refractivity contribution is 0.0509. The van der Waals surface area contributed by atoms with Crippen LogP contribution in [0.5, 0.6) is 11.5 Å². The minimum Gasteiger partial charge on any atom is -0.493 e. The summed E-state index contributed by atoms with van der Waals surface area (Å²) in [5.41, 5.74) is 8.77. The van der Waals surface area contributed by atoms with E-state index in [0.717, 1.165) is 47.9 Å². The number of unbranched alkanes of at least 4 members (excludes halogenated alkanes) is 10. The van der Waals surface area contributed by atoms with Crippen LogP contribution in [0.25, 0.3) is 0 Å². The molecule has 0 spiro atoms. The van der Waals surface area contributed by atoms with E-state index >= 15 is 0 Å². The molecule has 4 nitrogen and oxygen atoms in total. The lowest BCUT2D eigenvalue weighted by Crippen LogP contribution is -2.45. The lowest BCUT2D eigenvalue weighted by Gasteiger charge is -2.37. The van der Waals surface area contributed by atoms with Crippen molar-refractivity contribution in [2.24, 2.45) is 5.73 Å². The van der Waals surface area contributed by atoms with E-state index in [2.05, 4.69) is 79.7 Å². The monoisotopic (exact) mass is 595 g/mol. The van der Waals surface area contributed by atoms with Gasteiger partial charge < -0.3 is 20.3 Å². The summed E-state index contributed by atoms with van der Waals surface area (Å²) >= 11 is 0. The van der Waals surface area contributed by atoms with Gasteiger partial charge in [0.1, 0.15) is 17.1 Å². The first kappa shape index (κ1) is 37.1. The van der Waals surface area contributed by atoms with Crippen molar-refractivity contribution in [1.82, 2.24) is 0 Å². The quantitative estimate of drug-likeness (QED) is 0.159. The molecular formula is C39H65NO3. The molecule has 2 aromatic carbocycles. The molecule has 0 saturated heterocycles. The minimum absolute atomic E-state index is 0.102. The van der Waals surface area contributed by atoms with E-state index in [9.17, 15) is 5.11 Å². The molecule has 0 aromatic heterocycles. The van der Waals surface area contributed by atoms with E-state index < -0.39 is 11.6 Å². The van der Waals surface area contributed by atoms with Crippen LogP contribution in [-0.2, 0) is 16.4 Å². The summed E-state index contributed by atoms with van der Waals surface area (Å²) in [6, 6.07) is 11.9. The lowest BCUT2D eigenvalue weighted by atomic mass is 9.75. The van der Waals surface area contributed by atoms with Gasteiger partial charge in [-0.05, 0) is 66.0 Å². The smallest absolute Gasteiger partial charge is 0.136 e. The van der Waals surface area contributed by atoms with Gasteiger partial charge in [-0.1, -0.05) is 132 Å². The van der Waals surface area contributed by atoms with E-state index in [0.29, 0.717) is 24.7 Å². The van der Waals surface area contributed by atoms with Gasteiger partial charge in [0, 0.05) is 17.2 Å². The molecule has 3 N–H and O–H groups in total. The summed E-state index contributed by atoms with van der Waals surface area (Å²) in [7, 11) is 0. The van der Waals surface area contributed by atoms with Crippen LogP contribution < -0.4 is 15.2 Å². The maximum atomic E-state index is 12.9. The summed E-state index contributed by atoms with van der Waals surface area (Å²) < 4.78 is 12.9. The molecule has 0 radical (unpaired) electrons. The summed E-state index contributed by atoms with van der Waals surface area (Å²) in [5.74, 6) is 1.40. The van der Waals surface area contributed by atoms with Gasteiger partial charge in [-0.25, -0.2) is 0 Å². The fourth-order valence-corrected chi connectivity index (χ4v) is 5.61. The molecule has 244 valence electrons. The predicted molar refractivity (Wildman–Crippen MR) is 185 cm³/mol.